The van der Waals surface area contributed by atoms with Gasteiger partial charge in [0.25, 0.3) is 0 Å². The molecule has 0 saturated heterocycles. The number of rotatable bonds is 4. The van der Waals surface area contributed by atoms with E-state index < -0.39 is 0 Å². The van der Waals surface area contributed by atoms with Crippen molar-refractivity contribution in [2.75, 3.05) is 0 Å². The van der Waals surface area contributed by atoms with Crippen LogP contribution in [0.3, 0.4) is 0 Å². The van der Waals surface area contributed by atoms with Crippen molar-refractivity contribution in [2.24, 2.45) is 11.8 Å². The van der Waals surface area contributed by atoms with Crippen molar-refractivity contribution < 1.29 is 0 Å². The zero-order valence-corrected chi connectivity index (χ0v) is 13.0. The van der Waals surface area contributed by atoms with E-state index in [-0.39, 0.29) is 0 Å². The number of hydrogen-bond donors (Lipinski definition) is 1. The maximum Gasteiger partial charge on any atom is 0.0213 e. The van der Waals surface area contributed by atoms with Crippen LogP contribution in [0.25, 0.3) is 0 Å². The highest BCUT2D eigenvalue weighted by molar-refractivity contribution is 5.33. The summed E-state index contributed by atoms with van der Waals surface area (Å²) in [6.07, 6.45) is 5.58. The van der Waals surface area contributed by atoms with Crippen molar-refractivity contribution in [2.45, 2.75) is 66.0 Å². The van der Waals surface area contributed by atoms with Gasteiger partial charge in [-0.05, 0) is 55.2 Å². The first-order valence-electron chi connectivity index (χ1n) is 7.88. The second-order valence-electron chi connectivity index (χ2n) is 6.55. The maximum absolute atomic E-state index is 3.85. The molecule has 106 valence electrons. The predicted molar refractivity (Wildman–Crippen MR) is 83.3 cm³/mol. The standard InChI is InChI=1S/C18H29N/c1-13(2)16-10-5-6-11-18(16)19-12-17-14(3)8-7-9-15(17)4/h7-9,13,16,18-19H,5-6,10-12H2,1-4H3. The maximum atomic E-state index is 3.85. The second-order valence-corrected chi connectivity index (χ2v) is 6.55. The highest BCUT2D eigenvalue weighted by Gasteiger charge is 2.27. The van der Waals surface area contributed by atoms with Crippen LogP contribution in [0, 0.1) is 25.7 Å². The van der Waals surface area contributed by atoms with Crippen molar-refractivity contribution >= 4 is 0 Å². The molecule has 0 heterocycles. The van der Waals surface area contributed by atoms with E-state index in [9.17, 15) is 0 Å². The smallest absolute Gasteiger partial charge is 0.0213 e. The van der Waals surface area contributed by atoms with Crippen LogP contribution in [-0.2, 0) is 6.54 Å². The molecule has 0 radical (unpaired) electrons. The van der Waals surface area contributed by atoms with Crippen LogP contribution in [0.15, 0.2) is 18.2 Å². The normalized spacial score (nSPS) is 23.8. The predicted octanol–water partition coefficient (Wildman–Crippen LogP) is 4.61. The first-order valence-corrected chi connectivity index (χ1v) is 7.88. The lowest BCUT2D eigenvalue weighted by Gasteiger charge is -2.35. The molecule has 1 saturated carbocycles. The van der Waals surface area contributed by atoms with Gasteiger partial charge >= 0.3 is 0 Å². The minimum atomic E-state index is 0.716. The molecular formula is C18H29N. The van der Waals surface area contributed by atoms with E-state index in [0.29, 0.717) is 6.04 Å². The summed E-state index contributed by atoms with van der Waals surface area (Å²) in [6.45, 7) is 10.2. The quantitative estimate of drug-likeness (QED) is 0.832. The Morgan fingerprint density at radius 2 is 1.74 bits per heavy atom. The molecule has 1 heteroatoms. The topological polar surface area (TPSA) is 12.0 Å². The van der Waals surface area contributed by atoms with Gasteiger partial charge in [0, 0.05) is 12.6 Å². The monoisotopic (exact) mass is 259 g/mol. The van der Waals surface area contributed by atoms with Gasteiger partial charge in [-0.3, -0.25) is 0 Å². The summed E-state index contributed by atoms with van der Waals surface area (Å²) >= 11 is 0. The zero-order chi connectivity index (χ0) is 13.8. The number of nitrogens with one attached hydrogen (secondary N) is 1. The van der Waals surface area contributed by atoms with E-state index in [1.54, 1.807) is 0 Å². The van der Waals surface area contributed by atoms with Crippen LogP contribution in [0.5, 0.6) is 0 Å². The van der Waals surface area contributed by atoms with E-state index in [2.05, 4.69) is 51.2 Å². The molecule has 0 aliphatic heterocycles. The third kappa shape index (κ3) is 3.60. The minimum absolute atomic E-state index is 0.716. The molecule has 2 atom stereocenters. The van der Waals surface area contributed by atoms with Crippen molar-refractivity contribution in [1.82, 2.24) is 5.32 Å². The van der Waals surface area contributed by atoms with E-state index in [4.69, 9.17) is 0 Å². The Morgan fingerprint density at radius 3 is 2.37 bits per heavy atom. The highest BCUT2D eigenvalue weighted by Crippen LogP contribution is 2.30. The number of hydrogen-bond acceptors (Lipinski definition) is 1. The van der Waals surface area contributed by atoms with Gasteiger partial charge < -0.3 is 5.32 Å². The van der Waals surface area contributed by atoms with Gasteiger partial charge in [0.15, 0.2) is 0 Å². The Labute approximate surface area is 118 Å². The SMILES string of the molecule is Cc1cccc(C)c1CNC1CCCCC1C(C)C. The van der Waals surface area contributed by atoms with Crippen LogP contribution < -0.4 is 5.32 Å². The van der Waals surface area contributed by atoms with Crippen LogP contribution >= 0.6 is 0 Å². The summed E-state index contributed by atoms with van der Waals surface area (Å²) in [6, 6.07) is 7.33. The molecule has 1 aromatic rings. The molecule has 0 bridgehead atoms. The summed E-state index contributed by atoms with van der Waals surface area (Å²) in [5, 5.41) is 3.85. The third-order valence-electron chi connectivity index (χ3n) is 4.86. The Hall–Kier alpha value is -0.820. The Morgan fingerprint density at radius 1 is 1.11 bits per heavy atom. The van der Waals surface area contributed by atoms with Gasteiger partial charge in [0.1, 0.15) is 0 Å². The molecule has 19 heavy (non-hydrogen) atoms. The molecule has 0 amide bonds. The second kappa shape index (κ2) is 6.56. The lowest BCUT2D eigenvalue weighted by molar-refractivity contribution is 0.204. The minimum Gasteiger partial charge on any atom is -0.310 e. The molecule has 1 N–H and O–H groups in total. The summed E-state index contributed by atoms with van der Waals surface area (Å²) < 4.78 is 0. The van der Waals surface area contributed by atoms with Crippen LogP contribution in [-0.4, -0.2) is 6.04 Å². The molecule has 1 aliphatic carbocycles. The summed E-state index contributed by atoms with van der Waals surface area (Å²) in [7, 11) is 0. The number of benzene rings is 1. The van der Waals surface area contributed by atoms with Gasteiger partial charge in [0.2, 0.25) is 0 Å². The summed E-state index contributed by atoms with van der Waals surface area (Å²) in [5.41, 5.74) is 4.34. The molecule has 0 spiro atoms. The molecular weight excluding hydrogens is 230 g/mol. The molecule has 1 aliphatic rings. The highest BCUT2D eigenvalue weighted by atomic mass is 14.9. The van der Waals surface area contributed by atoms with Gasteiger partial charge in [-0.25, -0.2) is 0 Å². The van der Waals surface area contributed by atoms with Crippen molar-refractivity contribution in [1.29, 1.82) is 0 Å². The van der Waals surface area contributed by atoms with Crippen molar-refractivity contribution in [3.05, 3.63) is 34.9 Å². The molecule has 0 aromatic heterocycles. The van der Waals surface area contributed by atoms with Gasteiger partial charge in [0.05, 0.1) is 0 Å². The van der Waals surface area contributed by atoms with E-state index in [1.807, 2.05) is 0 Å². The Kier molecular flexibility index (Phi) is 5.04. The molecule has 1 fully saturated rings. The fourth-order valence-electron chi connectivity index (χ4n) is 3.57. The average molecular weight is 259 g/mol. The first-order chi connectivity index (χ1) is 9.09. The first kappa shape index (κ1) is 14.6. The van der Waals surface area contributed by atoms with Crippen molar-refractivity contribution in [3.63, 3.8) is 0 Å². The van der Waals surface area contributed by atoms with Crippen LogP contribution in [0.2, 0.25) is 0 Å². The summed E-state index contributed by atoms with van der Waals surface area (Å²) in [4.78, 5) is 0. The molecule has 1 nitrogen and oxygen atoms in total. The zero-order valence-electron chi connectivity index (χ0n) is 13.0. The van der Waals surface area contributed by atoms with Crippen molar-refractivity contribution in [3.8, 4) is 0 Å². The third-order valence-corrected chi connectivity index (χ3v) is 4.86. The van der Waals surface area contributed by atoms with Gasteiger partial charge in [-0.1, -0.05) is 44.9 Å². The van der Waals surface area contributed by atoms with E-state index >= 15 is 0 Å². The summed E-state index contributed by atoms with van der Waals surface area (Å²) in [5.74, 6) is 1.66. The molecule has 1 aromatic carbocycles. The van der Waals surface area contributed by atoms with Crippen LogP contribution in [0.4, 0.5) is 0 Å². The Balaban J connectivity index is 2.00. The lowest BCUT2D eigenvalue weighted by Crippen LogP contribution is -2.40. The number of aryl methyl sites for hydroxylation is 2. The fourth-order valence-corrected chi connectivity index (χ4v) is 3.57. The Bertz CT molecular complexity index is 388. The molecule has 2 rings (SSSR count). The largest absolute Gasteiger partial charge is 0.310 e. The van der Waals surface area contributed by atoms with E-state index in [1.165, 1.54) is 42.4 Å². The molecule has 2 unspecified atom stereocenters. The average Bonchev–Trinajstić information content (AvgIpc) is 2.38. The van der Waals surface area contributed by atoms with Gasteiger partial charge in [-0.15, -0.1) is 0 Å². The van der Waals surface area contributed by atoms with E-state index in [0.717, 1.165) is 18.4 Å². The fraction of sp³-hybridized carbons (Fsp3) is 0.667. The van der Waals surface area contributed by atoms with Crippen LogP contribution in [0.1, 0.15) is 56.2 Å². The lowest BCUT2D eigenvalue weighted by atomic mass is 9.78. The van der Waals surface area contributed by atoms with Gasteiger partial charge in [-0.2, -0.15) is 0 Å².